The maximum absolute atomic E-state index is 12.1. The third-order valence-corrected chi connectivity index (χ3v) is 4.78. The molecule has 2 saturated heterocycles. The van der Waals surface area contributed by atoms with E-state index in [1.54, 1.807) is 0 Å². The second-order valence-electron chi connectivity index (χ2n) is 6.41. The monoisotopic (exact) mass is 374 g/mol. The van der Waals surface area contributed by atoms with Gasteiger partial charge < -0.3 is 15.5 Å². The molecule has 1 amide bonds. The zero-order valence-electron chi connectivity index (χ0n) is 13.9. The molecule has 1 aromatic heterocycles. The van der Waals surface area contributed by atoms with Crippen molar-refractivity contribution in [2.75, 3.05) is 31.1 Å². The van der Waals surface area contributed by atoms with Crippen molar-refractivity contribution in [2.24, 2.45) is 5.92 Å². The van der Waals surface area contributed by atoms with Gasteiger partial charge in [-0.2, -0.15) is 0 Å². The number of nitrogens with zero attached hydrogens (tertiary/aromatic N) is 2. The second-order valence-corrected chi connectivity index (χ2v) is 6.41. The normalized spacial score (nSPS) is 20.8. The van der Waals surface area contributed by atoms with Crippen molar-refractivity contribution in [3.05, 3.63) is 24.4 Å². The predicted octanol–water partition coefficient (Wildman–Crippen LogP) is 2.40. The molecule has 2 aliphatic heterocycles. The van der Waals surface area contributed by atoms with E-state index in [0.717, 1.165) is 51.3 Å². The summed E-state index contributed by atoms with van der Waals surface area (Å²) in [5.41, 5.74) is 0. The molecule has 24 heavy (non-hydrogen) atoms. The van der Waals surface area contributed by atoms with Crippen LogP contribution in [-0.2, 0) is 4.79 Å². The van der Waals surface area contributed by atoms with Crippen LogP contribution in [0, 0.1) is 5.92 Å². The van der Waals surface area contributed by atoms with E-state index in [-0.39, 0.29) is 30.7 Å². The van der Waals surface area contributed by atoms with E-state index in [9.17, 15) is 4.79 Å². The molecular formula is C17H28Cl2N4O. The van der Waals surface area contributed by atoms with E-state index >= 15 is 0 Å². The predicted molar refractivity (Wildman–Crippen MR) is 102 cm³/mol. The summed E-state index contributed by atoms with van der Waals surface area (Å²) in [6.07, 6.45) is 6.76. The Hall–Kier alpha value is -1.04. The minimum atomic E-state index is 0. The molecule has 136 valence electrons. The number of hydrogen-bond donors (Lipinski definition) is 2. The Morgan fingerprint density at radius 2 is 2.04 bits per heavy atom. The van der Waals surface area contributed by atoms with Gasteiger partial charge in [-0.15, -0.1) is 24.8 Å². The molecule has 3 rings (SSSR count). The molecule has 1 unspecified atom stereocenters. The van der Waals surface area contributed by atoms with Crippen molar-refractivity contribution in [1.82, 2.24) is 15.6 Å². The molecule has 7 heteroatoms. The fraction of sp³-hybridized carbons (Fsp3) is 0.647. The van der Waals surface area contributed by atoms with Crippen molar-refractivity contribution in [3.8, 4) is 0 Å². The van der Waals surface area contributed by atoms with Gasteiger partial charge in [-0.25, -0.2) is 4.98 Å². The van der Waals surface area contributed by atoms with Crippen LogP contribution in [0.15, 0.2) is 24.4 Å². The van der Waals surface area contributed by atoms with Crippen LogP contribution in [0.5, 0.6) is 0 Å². The van der Waals surface area contributed by atoms with Crippen LogP contribution >= 0.6 is 24.8 Å². The average molecular weight is 375 g/mol. The Morgan fingerprint density at radius 3 is 2.67 bits per heavy atom. The van der Waals surface area contributed by atoms with Crippen LogP contribution in [0.25, 0.3) is 0 Å². The lowest BCUT2D eigenvalue weighted by Crippen LogP contribution is -2.45. The van der Waals surface area contributed by atoms with Gasteiger partial charge in [0.25, 0.3) is 0 Å². The van der Waals surface area contributed by atoms with Gasteiger partial charge in [0.2, 0.25) is 5.91 Å². The summed E-state index contributed by atoms with van der Waals surface area (Å²) in [6, 6.07) is 6.34. The van der Waals surface area contributed by atoms with Crippen molar-refractivity contribution in [1.29, 1.82) is 0 Å². The van der Waals surface area contributed by atoms with Crippen LogP contribution < -0.4 is 15.5 Å². The molecule has 0 radical (unpaired) electrons. The fourth-order valence-corrected chi connectivity index (χ4v) is 3.39. The van der Waals surface area contributed by atoms with Gasteiger partial charge >= 0.3 is 0 Å². The molecule has 0 bridgehead atoms. The summed E-state index contributed by atoms with van der Waals surface area (Å²) >= 11 is 0. The zero-order chi connectivity index (χ0) is 15.2. The number of rotatable bonds is 5. The minimum Gasteiger partial charge on any atom is -0.356 e. The number of hydrogen-bond acceptors (Lipinski definition) is 4. The molecule has 0 spiro atoms. The molecular weight excluding hydrogens is 347 g/mol. The van der Waals surface area contributed by atoms with E-state index in [4.69, 9.17) is 0 Å². The lowest BCUT2D eigenvalue weighted by atomic mass is 10.0. The number of amides is 1. The van der Waals surface area contributed by atoms with Crippen LogP contribution in [0.3, 0.4) is 0 Å². The zero-order valence-corrected chi connectivity index (χ0v) is 15.6. The smallest absolute Gasteiger partial charge is 0.220 e. The van der Waals surface area contributed by atoms with Gasteiger partial charge in [0.1, 0.15) is 5.82 Å². The first-order valence-corrected chi connectivity index (χ1v) is 8.47. The highest BCUT2D eigenvalue weighted by Crippen LogP contribution is 2.18. The van der Waals surface area contributed by atoms with E-state index in [0.29, 0.717) is 18.4 Å². The molecule has 0 saturated carbocycles. The maximum Gasteiger partial charge on any atom is 0.220 e. The largest absolute Gasteiger partial charge is 0.356 e. The fourth-order valence-electron chi connectivity index (χ4n) is 3.39. The first-order valence-electron chi connectivity index (χ1n) is 8.47. The van der Waals surface area contributed by atoms with Crippen LogP contribution in [0.4, 0.5) is 5.82 Å². The summed E-state index contributed by atoms with van der Waals surface area (Å²) in [7, 11) is 0. The van der Waals surface area contributed by atoms with Gasteiger partial charge in [-0.05, 0) is 56.8 Å². The molecule has 2 aliphatic rings. The number of piperidine rings is 1. The van der Waals surface area contributed by atoms with E-state index in [1.165, 1.54) is 6.42 Å². The number of aromatic nitrogens is 1. The lowest BCUT2D eigenvalue weighted by Gasteiger charge is -2.33. The number of carbonyl (C=O) groups is 1. The summed E-state index contributed by atoms with van der Waals surface area (Å²) < 4.78 is 0. The molecule has 0 aliphatic carbocycles. The van der Waals surface area contributed by atoms with E-state index in [1.807, 2.05) is 18.3 Å². The summed E-state index contributed by atoms with van der Waals surface area (Å²) in [5.74, 6) is 1.96. The summed E-state index contributed by atoms with van der Waals surface area (Å²) in [5, 5.41) is 6.56. The molecule has 2 N–H and O–H groups in total. The van der Waals surface area contributed by atoms with Gasteiger partial charge in [-0.1, -0.05) is 6.07 Å². The highest BCUT2D eigenvalue weighted by Gasteiger charge is 2.22. The summed E-state index contributed by atoms with van der Waals surface area (Å²) in [4.78, 5) is 18.8. The standard InChI is InChI=1S/C17H26N4O.2ClH/c22-17(5-4-14-6-10-18-13-14)20-15-7-11-21(12-8-15)16-3-1-2-9-19-16;;/h1-3,9,14-15,18H,4-8,10-13H2,(H,20,22);2*1H. The number of carbonyl (C=O) groups excluding carboxylic acids is 1. The molecule has 1 aromatic rings. The quantitative estimate of drug-likeness (QED) is 0.830. The Labute approximate surface area is 156 Å². The van der Waals surface area contributed by atoms with Crippen LogP contribution in [0.2, 0.25) is 0 Å². The third kappa shape index (κ3) is 6.11. The molecule has 5 nitrogen and oxygen atoms in total. The molecule has 1 atom stereocenters. The number of nitrogens with one attached hydrogen (secondary N) is 2. The molecule has 3 heterocycles. The number of pyridine rings is 1. The van der Waals surface area contributed by atoms with Crippen molar-refractivity contribution >= 4 is 36.5 Å². The highest BCUT2D eigenvalue weighted by atomic mass is 35.5. The first kappa shape index (κ1) is 21.0. The number of anilines is 1. The van der Waals surface area contributed by atoms with Crippen molar-refractivity contribution in [2.45, 2.75) is 38.1 Å². The SMILES string of the molecule is Cl.Cl.O=C(CCC1CCNC1)NC1CCN(c2ccccn2)CC1. The second kappa shape index (κ2) is 10.7. The molecule has 0 aromatic carbocycles. The highest BCUT2D eigenvalue weighted by molar-refractivity contribution is 5.85. The van der Waals surface area contributed by atoms with Gasteiger partial charge in [0.05, 0.1) is 0 Å². The number of halogens is 2. The van der Waals surface area contributed by atoms with E-state index in [2.05, 4.69) is 26.6 Å². The summed E-state index contributed by atoms with van der Waals surface area (Å²) in [6.45, 7) is 4.12. The minimum absolute atomic E-state index is 0. The van der Waals surface area contributed by atoms with Gasteiger partial charge in [-0.3, -0.25) is 4.79 Å². The van der Waals surface area contributed by atoms with Gasteiger partial charge in [0.15, 0.2) is 0 Å². The van der Waals surface area contributed by atoms with Crippen molar-refractivity contribution in [3.63, 3.8) is 0 Å². The Morgan fingerprint density at radius 1 is 1.25 bits per heavy atom. The van der Waals surface area contributed by atoms with Gasteiger partial charge in [0, 0.05) is 31.7 Å². The van der Waals surface area contributed by atoms with Crippen LogP contribution in [0.1, 0.15) is 32.1 Å². The Balaban J connectivity index is 0.00000144. The third-order valence-electron chi connectivity index (χ3n) is 4.78. The maximum atomic E-state index is 12.1. The van der Waals surface area contributed by atoms with Crippen LogP contribution in [-0.4, -0.2) is 43.1 Å². The Bertz CT molecular complexity index is 475. The van der Waals surface area contributed by atoms with E-state index < -0.39 is 0 Å². The Kier molecular flexibility index (Phi) is 9.41. The topological polar surface area (TPSA) is 57.3 Å². The van der Waals surface area contributed by atoms with Crippen molar-refractivity contribution < 1.29 is 4.79 Å². The molecule has 2 fully saturated rings. The lowest BCUT2D eigenvalue weighted by molar-refractivity contribution is -0.122. The average Bonchev–Trinajstić information content (AvgIpc) is 3.08. The first-order chi connectivity index (χ1) is 10.8.